The zero-order valence-corrected chi connectivity index (χ0v) is 11.2. The minimum atomic E-state index is 0.600. The van der Waals surface area contributed by atoms with Crippen LogP contribution in [-0.4, -0.2) is 6.04 Å². The number of hydrogen-bond acceptors (Lipinski definition) is 3. The number of hydrogen-bond donors (Lipinski definition) is 1. The van der Waals surface area contributed by atoms with Crippen molar-refractivity contribution in [2.24, 2.45) is 5.92 Å². The minimum Gasteiger partial charge on any atom is -0.309 e. The lowest BCUT2D eigenvalue weighted by Crippen LogP contribution is -2.33. The Kier molecular flexibility index (Phi) is 4.58. The highest BCUT2D eigenvalue weighted by molar-refractivity contribution is 7.10. The van der Waals surface area contributed by atoms with Crippen LogP contribution in [0, 0.1) is 17.2 Å². The molecule has 1 N–H and O–H groups in total. The quantitative estimate of drug-likeness (QED) is 0.882. The number of nitrogens with one attached hydrogen (secondary N) is 1. The maximum atomic E-state index is 8.77. The zero-order valence-electron chi connectivity index (χ0n) is 10.4. The summed E-state index contributed by atoms with van der Waals surface area (Å²) in [6.45, 7) is 3.21. The monoisotopic (exact) mass is 248 g/mol. The smallest absolute Gasteiger partial charge is 0.100 e. The van der Waals surface area contributed by atoms with Crippen molar-refractivity contribution in [3.8, 4) is 6.07 Å². The minimum absolute atomic E-state index is 0.600. The molecular formula is C14H20N2S. The molecule has 0 aliphatic heterocycles. The molecule has 0 saturated heterocycles. The van der Waals surface area contributed by atoms with Crippen molar-refractivity contribution in [3.63, 3.8) is 0 Å². The van der Waals surface area contributed by atoms with Crippen LogP contribution in [0.15, 0.2) is 11.4 Å². The third-order valence-corrected chi connectivity index (χ3v) is 4.67. The third-order valence-electron chi connectivity index (χ3n) is 3.74. The van der Waals surface area contributed by atoms with Crippen LogP contribution in [0.5, 0.6) is 0 Å². The average Bonchev–Trinajstić information content (AvgIpc) is 2.85. The molecule has 1 heterocycles. The summed E-state index contributed by atoms with van der Waals surface area (Å²) in [5.74, 6) is 0.846. The van der Waals surface area contributed by atoms with Crippen LogP contribution in [0.3, 0.4) is 0 Å². The normalized spacial score (nSPS) is 18.8. The SMILES string of the molecule is CC(NCc1cc(C#N)cs1)C1CCCCC1. The average molecular weight is 248 g/mol. The maximum absolute atomic E-state index is 8.77. The van der Waals surface area contributed by atoms with E-state index in [0.29, 0.717) is 6.04 Å². The van der Waals surface area contributed by atoms with E-state index in [9.17, 15) is 0 Å². The Balaban J connectivity index is 1.79. The first kappa shape index (κ1) is 12.6. The van der Waals surface area contributed by atoms with Gasteiger partial charge in [-0.3, -0.25) is 0 Å². The molecule has 1 aliphatic carbocycles. The van der Waals surface area contributed by atoms with Crippen molar-refractivity contribution in [3.05, 3.63) is 21.9 Å². The Morgan fingerprint density at radius 2 is 2.24 bits per heavy atom. The van der Waals surface area contributed by atoms with Crippen molar-refractivity contribution in [1.82, 2.24) is 5.32 Å². The molecule has 92 valence electrons. The molecule has 1 unspecified atom stereocenters. The fourth-order valence-corrected chi connectivity index (χ4v) is 3.36. The summed E-state index contributed by atoms with van der Waals surface area (Å²) in [6, 6.07) is 4.77. The molecule has 0 spiro atoms. The molecule has 1 aromatic heterocycles. The van der Waals surface area contributed by atoms with Gasteiger partial charge in [0.25, 0.3) is 0 Å². The summed E-state index contributed by atoms with van der Waals surface area (Å²) in [7, 11) is 0. The first-order valence-corrected chi connectivity index (χ1v) is 7.38. The fraction of sp³-hybridized carbons (Fsp3) is 0.643. The molecule has 0 radical (unpaired) electrons. The van der Waals surface area contributed by atoms with Gasteiger partial charge in [0.2, 0.25) is 0 Å². The van der Waals surface area contributed by atoms with Crippen molar-refractivity contribution < 1.29 is 0 Å². The van der Waals surface area contributed by atoms with Crippen molar-refractivity contribution in [1.29, 1.82) is 5.26 Å². The molecule has 1 aliphatic rings. The van der Waals surface area contributed by atoms with Crippen LogP contribution in [0.4, 0.5) is 0 Å². The molecule has 0 amide bonds. The molecule has 1 saturated carbocycles. The van der Waals surface area contributed by atoms with Gasteiger partial charge in [0.1, 0.15) is 6.07 Å². The van der Waals surface area contributed by atoms with E-state index in [4.69, 9.17) is 5.26 Å². The summed E-state index contributed by atoms with van der Waals surface area (Å²) in [6.07, 6.45) is 6.96. The number of nitriles is 1. The van der Waals surface area contributed by atoms with Gasteiger partial charge < -0.3 is 5.32 Å². The molecule has 1 aromatic rings. The molecule has 2 rings (SSSR count). The van der Waals surface area contributed by atoms with Gasteiger partial charge in [-0.1, -0.05) is 19.3 Å². The maximum Gasteiger partial charge on any atom is 0.100 e. The summed E-state index contributed by atoms with van der Waals surface area (Å²) in [4.78, 5) is 1.27. The van der Waals surface area contributed by atoms with Crippen LogP contribution in [0.1, 0.15) is 49.5 Å². The van der Waals surface area contributed by atoms with Gasteiger partial charge in [0, 0.05) is 22.8 Å². The van der Waals surface area contributed by atoms with E-state index in [2.05, 4.69) is 18.3 Å². The first-order chi connectivity index (χ1) is 8.29. The second-order valence-corrected chi connectivity index (χ2v) is 5.98. The van der Waals surface area contributed by atoms with Gasteiger partial charge in [-0.25, -0.2) is 0 Å². The lowest BCUT2D eigenvalue weighted by molar-refractivity contribution is 0.281. The van der Waals surface area contributed by atoms with Crippen molar-refractivity contribution in [2.75, 3.05) is 0 Å². The largest absolute Gasteiger partial charge is 0.309 e. The standard InChI is InChI=1S/C14H20N2S/c1-11(13-5-3-2-4-6-13)16-9-14-7-12(8-15)10-17-14/h7,10-11,13,16H,2-6,9H2,1H3. The van der Waals surface area contributed by atoms with Gasteiger partial charge in [0.15, 0.2) is 0 Å². The van der Waals surface area contributed by atoms with Crippen LogP contribution in [0.25, 0.3) is 0 Å². The number of nitrogens with zero attached hydrogens (tertiary/aromatic N) is 1. The summed E-state index contributed by atoms with van der Waals surface area (Å²) < 4.78 is 0. The lowest BCUT2D eigenvalue weighted by Gasteiger charge is -2.28. The highest BCUT2D eigenvalue weighted by atomic mass is 32.1. The highest BCUT2D eigenvalue weighted by Gasteiger charge is 2.19. The highest BCUT2D eigenvalue weighted by Crippen LogP contribution is 2.26. The zero-order chi connectivity index (χ0) is 12.1. The molecule has 2 nitrogen and oxygen atoms in total. The predicted molar refractivity (Wildman–Crippen MR) is 71.9 cm³/mol. The van der Waals surface area contributed by atoms with E-state index < -0.39 is 0 Å². The van der Waals surface area contributed by atoms with Gasteiger partial charge in [-0.15, -0.1) is 11.3 Å². The molecule has 1 atom stereocenters. The van der Waals surface area contributed by atoms with Crippen LogP contribution in [0.2, 0.25) is 0 Å². The Bertz CT molecular complexity index is 385. The van der Waals surface area contributed by atoms with E-state index in [1.54, 1.807) is 11.3 Å². The van der Waals surface area contributed by atoms with Crippen LogP contribution in [-0.2, 0) is 6.54 Å². The van der Waals surface area contributed by atoms with E-state index >= 15 is 0 Å². The van der Waals surface area contributed by atoms with Gasteiger partial charge in [0.05, 0.1) is 5.56 Å². The number of thiophene rings is 1. The fourth-order valence-electron chi connectivity index (χ4n) is 2.59. The second kappa shape index (κ2) is 6.18. The molecule has 17 heavy (non-hydrogen) atoms. The van der Waals surface area contributed by atoms with Gasteiger partial charge in [-0.05, 0) is 31.7 Å². The first-order valence-electron chi connectivity index (χ1n) is 6.50. The van der Waals surface area contributed by atoms with Gasteiger partial charge >= 0.3 is 0 Å². The molecule has 3 heteroatoms. The van der Waals surface area contributed by atoms with Crippen molar-refractivity contribution >= 4 is 11.3 Å². The molecular weight excluding hydrogens is 228 g/mol. The topological polar surface area (TPSA) is 35.8 Å². The van der Waals surface area contributed by atoms with E-state index in [1.165, 1.54) is 37.0 Å². The van der Waals surface area contributed by atoms with Crippen LogP contribution < -0.4 is 5.32 Å². The second-order valence-electron chi connectivity index (χ2n) is 4.98. The lowest BCUT2D eigenvalue weighted by atomic mass is 9.84. The van der Waals surface area contributed by atoms with Crippen molar-refractivity contribution in [2.45, 2.75) is 51.6 Å². The molecule has 0 aromatic carbocycles. The predicted octanol–water partition coefficient (Wildman–Crippen LogP) is 3.68. The van der Waals surface area contributed by atoms with Gasteiger partial charge in [-0.2, -0.15) is 5.26 Å². The Morgan fingerprint density at radius 1 is 1.47 bits per heavy atom. The van der Waals surface area contributed by atoms with E-state index in [0.717, 1.165) is 18.0 Å². The summed E-state index contributed by atoms with van der Waals surface area (Å²) in [5.41, 5.74) is 0.789. The summed E-state index contributed by atoms with van der Waals surface area (Å²) in [5, 5.41) is 14.3. The Labute approximate surface area is 108 Å². The Hall–Kier alpha value is -0.850. The van der Waals surface area contributed by atoms with E-state index in [-0.39, 0.29) is 0 Å². The van der Waals surface area contributed by atoms with Crippen LogP contribution >= 0.6 is 11.3 Å². The molecule has 0 bridgehead atoms. The van der Waals surface area contributed by atoms with E-state index in [1.807, 2.05) is 11.4 Å². The summed E-state index contributed by atoms with van der Waals surface area (Å²) >= 11 is 1.68. The third kappa shape index (κ3) is 3.55. The molecule has 1 fully saturated rings. The number of rotatable bonds is 4. The Morgan fingerprint density at radius 3 is 2.88 bits per heavy atom.